The van der Waals surface area contributed by atoms with Crippen LogP contribution in [0.3, 0.4) is 0 Å². The van der Waals surface area contributed by atoms with Crippen molar-refractivity contribution in [2.45, 2.75) is 128 Å². The van der Waals surface area contributed by atoms with Crippen LogP contribution in [-0.4, -0.2) is 45.0 Å². The van der Waals surface area contributed by atoms with Crippen LogP contribution in [0, 0.1) is 0 Å². The van der Waals surface area contributed by atoms with Crippen LogP contribution in [0.25, 0.3) is 0 Å². The highest BCUT2D eigenvalue weighted by molar-refractivity contribution is 8.10. The number of hydrogen-bond acceptors (Lipinski definition) is 6. The Morgan fingerprint density at radius 2 is 1.03 bits per heavy atom. The van der Waals surface area contributed by atoms with Crippen LogP contribution >= 0.6 is 0 Å². The summed E-state index contributed by atoms with van der Waals surface area (Å²) >= 11 is 0. The van der Waals surface area contributed by atoms with Gasteiger partial charge in [0.15, 0.2) is 25.6 Å². The minimum atomic E-state index is -3.92. The Labute approximate surface area is 197 Å². The van der Waals surface area contributed by atoms with E-state index in [1.807, 2.05) is 0 Å². The monoisotopic (exact) mass is 493 g/mol. The lowest BCUT2D eigenvalue weighted by atomic mass is 10.0. The van der Waals surface area contributed by atoms with Crippen molar-refractivity contribution in [2.75, 3.05) is 18.1 Å². The molecule has 0 saturated heterocycles. The number of hydrogen-bond donors (Lipinski definition) is 0. The quantitative estimate of drug-likeness (QED) is 0.188. The summed E-state index contributed by atoms with van der Waals surface area (Å²) < 4.78 is 53.4. The number of ether oxygens (including phenoxy) is 1. The fourth-order valence-electron chi connectivity index (χ4n) is 4.17. The smallest absolute Gasteiger partial charge is 0.297 e. The van der Waals surface area contributed by atoms with Crippen molar-refractivity contribution in [3.05, 3.63) is 0 Å². The van der Waals surface area contributed by atoms with Gasteiger partial charge >= 0.3 is 0 Å². The standard InChI is InChI=1S/C24H47NO5S2/c1-4-7-8-9-10-11-12-13-14-15-16-17-18-19-20-21-23-25-24(22-30-23,31(26,27)5-2)32(28,29)6-3/h4-22H2,1-3H3. The third-order valence-corrected chi connectivity index (χ3v) is 11.8. The van der Waals surface area contributed by atoms with Crippen molar-refractivity contribution in [3.8, 4) is 0 Å². The molecule has 0 aromatic rings. The first-order valence-corrected chi connectivity index (χ1v) is 16.2. The molecule has 0 bridgehead atoms. The van der Waals surface area contributed by atoms with Gasteiger partial charge in [-0.3, -0.25) is 0 Å². The van der Waals surface area contributed by atoms with Crippen LogP contribution in [0.1, 0.15) is 124 Å². The summed E-state index contributed by atoms with van der Waals surface area (Å²) in [5, 5.41) is 0. The Morgan fingerprint density at radius 3 is 1.41 bits per heavy atom. The predicted molar refractivity (Wildman–Crippen MR) is 135 cm³/mol. The number of rotatable bonds is 20. The van der Waals surface area contributed by atoms with Crippen LogP contribution in [0.2, 0.25) is 0 Å². The van der Waals surface area contributed by atoms with Gasteiger partial charge in [0, 0.05) is 6.42 Å². The Hall–Kier alpha value is -0.630. The molecule has 0 amide bonds. The second-order valence-corrected chi connectivity index (χ2v) is 14.2. The van der Waals surface area contributed by atoms with E-state index >= 15 is 0 Å². The highest BCUT2D eigenvalue weighted by Crippen LogP contribution is 2.34. The van der Waals surface area contributed by atoms with E-state index in [-0.39, 0.29) is 17.4 Å². The molecule has 1 rings (SSSR count). The van der Waals surface area contributed by atoms with Gasteiger partial charge in [-0.1, -0.05) is 111 Å². The maximum Gasteiger partial charge on any atom is 0.297 e. The van der Waals surface area contributed by atoms with Crippen molar-refractivity contribution < 1.29 is 21.6 Å². The zero-order valence-corrected chi connectivity index (χ0v) is 22.4. The lowest BCUT2D eigenvalue weighted by Crippen LogP contribution is -2.47. The third kappa shape index (κ3) is 8.96. The van der Waals surface area contributed by atoms with Gasteiger partial charge in [0.05, 0.1) is 11.5 Å². The van der Waals surface area contributed by atoms with Gasteiger partial charge < -0.3 is 4.74 Å². The van der Waals surface area contributed by atoms with E-state index in [9.17, 15) is 16.8 Å². The summed E-state index contributed by atoms with van der Waals surface area (Å²) in [5.74, 6) is -0.273. The molecule has 0 aromatic heterocycles. The average Bonchev–Trinajstić information content (AvgIpc) is 3.23. The van der Waals surface area contributed by atoms with E-state index in [1.54, 1.807) is 0 Å². The van der Waals surface area contributed by atoms with Gasteiger partial charge in [0.2, 0.25) is 0 Å². The SMILES string of the molecule is CCCCCCCCCCCCCCCCCC1=NC(S(=O)(=O)CC)(S(=O)(=O)CC)CO1. The molecule has 190 valence electrons. The van der Waals surface area contributed by atoms with Gasteiger partial charge in [-0.15, -0.1) is 0 Å². The number of unbranched alkanes of at least 4 members (excludes halogenated alkanes) is 14. The van der Waals surface area contributed by atoms with Crippen LogP contribution < -0.4 is 0 Å². The molecule has 0 saturated carbocycles. The first-order chi connectivity index (χ1) is 15.3. The lowest BCUT2D eigenvalue weighted by molar-refractivity contribution is 0.314. The van der Waals surface area contributed by atoms with Crippen molar-refractivity contribution in [3.63, 3.8) is 0 Å². The van der Waals surface area contributed by atoms with E-state index in [0.717, 1.165) is 19.3 Å². The fourth-order valence-corrected chi connectivity index (χ4v) is 8.28. The Balaban J connectivity index is 2.18. The van der Waals surface area contributed by atoms with Gasteiger partial charge in [0.25, 0.3) is 4.20 Å². The van der Waals surface area contributed by atoms with Crippen molar-refractivity contribution in [1.82, 2.24) is 0 Å². The molecule has 1 aliphatic rings. The molecule has 0 radical (unpaired) electrons. The Morgan fingerprint density at radius 1 is 0.656 bits per heavy atom. The second kappa shape index (κ2) is 15.3. The first kappa shape index (κ1) is 29.4. The van der Waals surface area contributed by atoms with Crippen molar-refractivity contribution >= 4 is 25.6 Å². The molecule has 0 spiro atoms. The molecule has 8 heteroatoms. The lowest BCUT2D eigenvalue weighted by Gasteiger charge is -2.22. The molecule has 0 unspecified atom stereocenters. The predicted octanol–water partition coefficient (Wildman–Crippen LogP) is 6.20. The zero-order valence-electron chi connectivity index (χ0n) is 20.7. The minimum Gasteiger partial charge on any atom is -0.476 e. The highest BCUT2D eigenvalue weighted by atomic mass is 32.3. The summed E-state index contributed by atoms with van der Waals surface area (Å²) in [7, 11) is -7.84. The average molecular weight is 494 g/mol. The molecular formula is C24H47NO5S2. The molecule has 0 aromatic carbocycles. The molecule has 1 aliphatic heterocycles. The largest absolute Gasteiger partial charge is 0.476 e. The van der Waals surface area contributed by atoms with E-state index in [4.69, 9.17) is 4.74 Å². The van der Waals surface area contributed by atoms with Crippen LogP contribution in [0.4, 0.5) is 0 Å². The highest BCUT2D eigenvalue weighted by Gasteiger charge is 2.57. The third-order valence-electron chi connectivity index (χ3n) is 6.44. The van der Waals surface area contributed by atoms with E-state index in [1.165, 1.54) is 90.9 Å². The van der Waals surface area contributed by atoms with Crippen molar-refractivity contribution in [2.24, 2.45) is 4.99 Å². The topological polar surface area (TPSA) is 89.9 Å². The van der Waals surface area contributed by atoms with E-state index in [2.05, 4.69) is 11.9 Å². The summed E-state index contributed by atoms with van der Waals surface area (Å²) in [6, 6.07) is 0. The summed E-state index contributed by atoms with van der Waals surface area (Å²) in [6.07, 6.45) is 19.6. The van der Waals surface area contributed by atoms with Gasteiger partial charge in [-0.2, -0.15) is 0 Å². The fraction of sp³-hybridized carbons (Fsp3) is 0.958. The van der Waals surface area contributed by atoms with E-state index in [0.29, 0.717) is 6.42 Å². The zero-order chi connectivity index (χ0) is 23.9. The van der Waals surface area contributed by atoms with Crippen molar-refractivity contribution in [1.29, 1.82) is 0 Å². The minimum absolute atomic E-state index is 0.272. The van der Waals surface area contributed by atoms with Gasteiger partial charge in [-0.05, 0) is 6.42 Å². The summed E-state index contributed by atoms with van der Waals surface area (Å²) in [6.45, 7) is 4.75. The summed E-state index contributed by atoms with van der Waals surface area (Å²) in [4.78, 5) is 4.13. The molecule has 0 aliphatic carbocycles. The van der Waals surface area contributed by atoms with Gasteiger partial charge in [-0.25, -0.2) is 21.8 Å². The number of aliphatic imine (C=N–C) groups is 1. The number of sulfone groups is 2. The first-order valence-electron chi connectivity index (χ1n) is 12.9. The van der Waals surface area contributed by atoms with Gasteiger partial charge in [0.1, 0.15) is 6.61 Å². The maximum atomic E-state index is 12.5. The molecule has 1 heterocycles. The molecule has 0 fully saturated rings. The number of nitrogens with zero attached hydrogens (tertiary/aromatic N) is 1. The Kier molecular flexibility index (Phi) is 14.1. The molecular weight excluding hydrogens is 446 g/mol. The molecule has 0 atom stereocenters. The van der Waals surface area contributed by atoms with Crippen LogP contribution in [0.15, 0.2) is 4.99 Å². The van der Waals surface area contributed by atoms with Crippen LogP contribution in [0.5, 0.6) is 0 Å². The normalized spacial score (nSPS) is 16.2. The van der Waals surface area contributed by atoms with E-state index < -0.39 is 30.5 Å². The maximum absolute atomic E-state index is 12.5. The second-order valence-electron chi connectivity index (χ2n) is 9.01. The van der Waals surface area contributed by atoms with Crippen LogP contribution in [-0.2, 0) is 24.4 Å². The summed E-state index contributed by atoms with van der Waals surface area (Å²) in [5.41, 5.74) is 0. The molecule has 32 heavy (non-hydrogen) atoms. The molecule has 0 N–H and O–H groups in total. The molecule has 6 nitrogen and oxygen atoms in total. The Bertz CT molecular complexity index is 710.